The molecule has 0 saturated carbocycles. The van der Waals surface area contributed by atoms with Gasteiger partial charge in [-0.15, -0.1) is 0 Å². The van der Waals surface area contributed by atoms with Crippen molar-refractivity contribution in [2.45, 2.75) is 88.7 Å². The molecule has 6 rings (SSSR count). The van der Waals surface area contributed by atoms with Crippen molar-refractivity contribution in [3.8, 4) is 46.3 Å². The summed E-state index contributed by atoms with van der Waals surface area (Å²) in [5, 5.41) is 96.9. The van der Waals surface area contributed by atoms with Crippen molar-refractivity contribution in [2.75, 3.05) is 32.8 Å². The number of nitrogens with one attached hydrogen (secondary N) is 2. The number of aliphatic imine (C=N–C) groups is 1. The molecule has 64 heavy (non-hydrogen) atoms. The number of aliphatic hydroxyl groups is 5. The lowest BCUT2D eigenvalue weighted by molar-refractivity contribution is -0.337. The fourth-order valence-electron chi connectivity index (χ4n) is 8.06. The predicted octanol–water partition coefficient (Wildman–Crippen LogP) is 1.04. The Morgan fingerprint density at radius 3 is 2.42 bits per heavy atom. The second kappa shape index (κ2) is 19.7. The lowest BCUT2D eigenvalue weighted by atomic mass is 9.76. The van der Waals surface area contributed by atoms with Crippen molar-refractivity contribution in [2.24, 2.45) is 28.5 Å². The molecule has 0 radical (unpaired) electrons. The van der Waals surface area contributed by atoms with Gasteiger partial charge in [0.25, 0.3) is 0 Å². The maximum atomic E-state index is 13.7. The van der Waals surface area contributed by atoms with Crippen LogP contribution < -0.4 is 35.3 Å². The van der Waals surface area contributed by atoms with Gasteiger partial charge >= 0.3 is 11.9 Å². The Morgan fingerprint density at radius 1 is 1.06 bits per heavy atom. The van der Waals surface area contributed by atoms with Gasteiger partial charge in [0.05, 0.1) is 31.1 Å². The van der Waals surface area contributed by atoms with Gasteiger partial charge in [-0.2, -0.15) is 0 Å². The number of phenolic OH excluding ortho intramolecular Hbond substituents is 2. The average Bonchev–Trinajstić information content (AvgIpc) is 3.41. The van der Waals surface area contributed by atoms with Crippen LogP contribution in [0.25, 0.3) is 0 Å². The summed E-state index contributed by atoms with van der Waals surface area (Å²) in [7, 11) is 2.60. The highest BCUT2D eigenvalue weighted by atomic mass is 16.7. The van der Waals surface area contributed by atoms with Crippen LogP contribution >= 0.6 is 0 Å². The maximum absolute atomic E-state index is 13.7. The number of aliphatic hydroxyl groups excluding tert-OH is 4. The van der Waals surface area contributed by atoms with E-state index in [1.54, 1.807) is 6.92 Å². The van der Waals surface area contributed by atoms with Crippen molar-refractivity contribution in [1.29, 1.82) is 0 Å². The van der Waals surface area contributed by atoms with Crippen molar-refractivity contribution in [3.05, 3.63) is 64.7 Å². The third-order valence-corrected chi connectivity index (χ3v) is 11.6. The molecule has 0 unspecified atom stereocenters. The van der Waals surface area contributed by atoms with E-state index in [2.05, 4.69) is 27.5 Å². The van der Waals surface area contributed by atoms with E-state index in [0.29, 0.717) is 6.42 Å². The van der Waals surface area contributed by atoms with Gasteiger partial charge in [-0.25, -0.2) is 9.59 Å². The lowest BCUT2D eigenvalue weighted by Crippen LogP contribution is -2.69. The monoisotopic (exact) mass is 894 g/mol. The molecule has 3 aliphatic rings. The summed E-state index contributed by atoms with van der Waals surface area (Å²) >= 11 is 0. The van der Waals surface area contributed by atoms with Gasteiger partial charge in [0.15, 0.2) is 41.8 Å². The molecule has 10 atom stereocenters. The molecule has 3 aliphatic heterocycles. The summed E-state index contributed by atoms with van der Waals surface area (Å²) in [5.41, 5.74) is 3.35. The number of hydrogen-bond acceptors (Lipinski definition) is 17. The molecule has 3 aromatic rings. The van der Waals surface area contributed by atoms with Crippen LogP contribution in [0.4, 0.5) is 5.69 Å². The number of carbonyl (C=O) groups is 2. The maximum Gasteiger partial charge on any atom is 0.344 e. The van der Waals surface area contributed by atoms with Crippen molar-refractivity contribution >= 4 is 23.6 Å². The zero-order valence-electron chi connectivity index (χ0n) is 35.7. The number of rotatable bonds is 14. The molecule has 0 amide bonds. The highest BCUT2D eigenvalue weighted by molar-refractivity contribution is 5.97. The first-order chi connectivity index (χ1) is 30.4. The molecule has 0 aliphatic carbocycles. The smallest absolute Gasteiger partial charge is 0.344 e. The van der Waals surface area contributed by atoms with Gasteiger partial charge in [0.2, 0.25) is 24.1 Å². The fraction of sp³-hybridized carbons (Fsp3) is 0.477. The molecule has 3 aromatic carbocycles. The van der Waals surface area contributed by atoms with E-state index in [0.717, 1.165) is 17.7 Å². The zero-order valence-corrected chi connectivity index (χ0v) is 35.7. The Kier molecular flexibility index (Phi) is 14.5. The van der Waals surface area contributed by atoms with E-state index >= 15 is 0 Å². The standard InChI is InChI=1S/C44H54N4O16/c1-20(2)31(49)29-21(3)48-30-24-16-23(29)12-9-14-44(58)37(52)36(63-42(38(44)53)62-34(24)28(17-25(30)39(54)55)61-19-47-43(45)46-4)41(57)64-40(56)26-18-27(59-5)33(51)35(32(26)50)60-15-13-22-10-7-6-8-11-22/h6-8,10-11,17-18,20-21,23,29,31,36-38,41-42,48-53,57-58H,13-16,19H2,1-5H3,(H,54,55)(H3,45,46,47)/t21-,23-,29-,31+,36-,37+,38-,41-,42+,44-/m0/s1. The number of fused-ring (bicyclic) bond motifs is 3. The number of hydrogen-bond donors (Lipinski definition) is 11. The quantitative estimate of drug-likeness (QED) is 0.0354. The summed E-state index contributed by atoms with van der Waals surface area (Å²) in [4.78, 5) is 30.3. The van der Waals surface area contributed by atoms with E-state index in [4.69, 9.17) is 34.2 Å². The first-order valence-corrected chi connectivity index (χ1v) is 20.5. The van der Waals surface area contributed by atoms with Crippen LogP contribution in [-0.2, 0) is 22.3 Å². The van der Waals surface area contributed by atoms with Crippen LogP contribution in [0.15, 0.2) is 47.5 Å². The number of benzene rings is 3. The number of guanidine groups is 1. The summed E-state index contributed by atoms with van der Waals surface area (Å²) < 4.78 is 34.3. The minimum Gasteiger partial charge on any atom is -0.504 e. The Morgan fingerprint density at radius 2 is 1.77 bits per heavy atom. The van der Waals surface area contributed by atoms with Crippen molar-refractivity contribution in [1.82, 2.24) is 5.32 Å². The van der Waals surface area contributed by atoms with Crippen LogP contribution in [0.1, 0.15) is 59.0 Å². The molecule has 20 heteroatoms. The van der Waals surface area contributed by atoms with Gasteiger partial charge in [-0.1, -0.05) is 56.0 Å². The number of anilines is 1. The first-order valence-electron chi connectivity index (χ1n) is 20.5. The summed E-state index contributed by atoms with van der Waals surface area (Å²) in [6, 6.07) is 10.6. The van der Waals surface area contributed by atoms with E-state index in [9.17, 15) is 50.4 Å². The first kappa shape index (κ1) is 47.3. The third-order valence-electron chi connectivity index (χ3n) is 11.6. The van der Waals surface area contributed by atoms with Crippen LogP contribution in [0.5, 0.6) is 34.5 Å². The van der Waals surface area contributed by atoms with E-state index in [1.165, 1.54) is 14.2 Å². The Balaban J connectivity index is 1.39. The molecular weight excluding hydrogens is 840 g/mol. The van der Waals surface area contributed by atoms with E-state index < -0.39 is 102 Å². The summed E-state index contributed by atoms with van der Waals surface area (Å²) in [5.74, 6) is -1.37. The lowest BCUT2D eigenvalue weighted by Gasteiger charge is -2.48. The van der Waals surface area contributed by atoms with Crippen LogP contribution in [0, 0.1) is 29.6 Å². The van der Waals surface area contributed by atoms with Gasteiger partial charge in [0.1, 0.15) is 23.4 Å². The predicted molar refractivity (Wildman–Crippen MR) is 226 cm³/mol. The number of carboxylic acid groups (broad SMARTS) is 1. The molecule has 0 aromatic heterocycles. The van der Waals surface area contributed by atoms with Crippen molar-refractivity contribution < 1.29 is 78.9 Å². The second-order valence-corrected chi connectivity index (χ2v) is 16.0. The van der Waals surface area contributed by atoms with Gasteiger partial charge in [-0.05, 0) is 24.8 Å². The minimum absolute atomic E-state index is 0.0275. The number of phenols is 2. The molecule has 1 fully saturated rings. The van der Waals surface area contributed by atoms with E-state index in [-0.39, 0.29) is 65.7 Å². The van der Waals surface area contributed by atoms with Crippen LogP contribution in [0.2, 0.25) is 0 Å². The Hall–Kier alpha value is -6.21. The van der Waals surface area contributed by atoms with Gasteiger partial charge in [0, 0.05) is 55.5 Å². The molecule has 1 saturated heterocycles. The summed E-state index contributed by atoms with van der Waals surface area (Å²) in [6.45, 7) is 4.96. The number of esters is 1. The molecule has 346 valence electrons. The normalized spacial score (nSPS) is 26.0. The van der Waals surface area contributed by atoms with Gasteiger partial charge < -0.3 is 85.6 Å². The molecule has 0 spiro atoms. The largest absolute Gasteiger partial charge is 0.504 e. The highest BCUT2D eigenvalue weighted by Crippen LogP contribution is 2.49. The second-order valence-electron chi connectivity index (χ2n) is 16.0. The Bertz CT molecular complexity index is 2280. The molecule has 4 bridgehead atoms. The number of nitrogens with zero attached hydrogens (tertiary/aromatic N) is 1. The number of ether oxygens (including phenoxy) is 6. The topological polar surface area (TPSA) is 314 Å². The number of aromatic hydroxyl groups is 2. The van der Waals surface area contributed by atoms with E-state index in [1.807, 2.05) is 44.2 Å². The third kappa shape index (κ3) is 9.50. The fourth-order valence-corrected chi connectivity index (χ4v) is 8.06. The number of carboxylic acids is 1. The number of methoxy groups -OCH3 is 1. The summed E-state index contributed by atoms with van der Waals surface area (Å²) in [6.07, 6.45) is -12.3. The van der Waals surface area contributed by atoms with Gasteiger partial charge in [-0.3, -0.25) is 4.99 Å². The minimum atomic E-state index is -2.68. The average molecular weight is 895 g/mol. The van der Waals surface area contributed by atoms with Crippen LogP contribution in [-0.4, -0.2) is 135 Å². The highest BCUT2D eigenvalue weighted by Gasteiger charge is 2.59. The SMILES string of the molecule is CN=C(N)NCOc1cc(C(=O)O)c2c3c1O[C@@H]1O[C@H]([C@@H](O)OC(=O)c4cc(OC)c(O)c(OCCc5ccccc5)c4O)[C@@H](O)[C@@](O)(CC#C[C@@H](C3)[C@@H]([C@H](O)C(C)C)[C@H](C)N2)[C@H]1O. The molecular formula is C44H54N4O16. The number of nitrogens with two attached hydrogens (primary N) is 1. The number of aromatic carboxylic acids is 1. The molecule has 12 N–H and O–H groups in total. The number of carbonyl (C=O) groups excluding carboxylic acids is 1. The van der Waals surface area contributed by atoms with Crippen molar-refractivity contribution in [3.63, 3.8) is 0 Å². The molecule has 3 heterocycles. The zero-order chi connectivity index (χ0) is 46.6. The molecule has 20 nitrogen and oxygen atoms in total. The Labute approximate surface area is 368 Å². The van der Waals surface area contributed by atoms with Crippen LogP contribution in [0.3, 0.4) is 0 Å².